The van der Waals surface area contributed by atoms with E-state index in [-0.39, 0.29) is 12.0 Å². The predicted molar refractivity (Wildman–Crippen MR) is 57.1 cm³/mol. The van der Waals surface area contributed by atoms with Crippen molar-refractivity contribution in [3.63, 3.8) is 0 Å². The van der Waals surface area contributed by atoms with Gasteiger partial charge < -0.3 is 5.11 Å². The van der Waals surface area contributed by atoms with Gasteiger partial charge in [-0.1, -0.05) is 12.1 Å². The van der Waals surface area contributed by atoms with Crippen LogP contribution in [0.4, 0.5) is 8.78 Å². The summed E-state index contributed by atoms with van der Waals surface area (Å²) >= 11 is 1.35. The maximum atomic E-state index is 13.3. The van der Waals surface area contributed by atoms with E-state index in [9.17, 15) is 13.9 Å². The van der Waals surface area contributed by atoms with Gasteiger partial charge in [0.15, 0.2) is 11.6 Å². The number of benzene rings is 1. The van der Waals surface area contributed by atoms with E-state index in [1.807, 2.05) is 0 Å². The zero-order valence-electron chi connectivity index (χ0n) is 8.23. The fourth-order valence-electron chi connectivity index (χ4n) is 1.41. The van der Waals surface area contributed by atoms with Gasteiger partial charge in [-0.15, -0.1) is 11.3 Å². The van der Waals surface area contributed by atoms with E-state index in [0.717, 1.165) is 6.07 Å². The number of aliphatic hydroxyl groups excluding tert-OH is 1. The van der Waals surface area contributed by atoms with Gasteiger partial charge in [0.1, 0.15) is 6.10 Å². The maximum Gasteiger partial charge on any atom is 0.162 e. The Hall–Kier alpha value is -1.33. The van der Waals surface area contributed by atoms with E-state index in [2.05, 4.69) is 4.98 Å². The minimum Gasteiger partial charge on any atom is -0.386 e. The van der Waals surface area contributed by atoms with E-state index in [1.54, 1.807) is 10.9 Å². The van der Waals surface area contributed by atoms with Crippen molar-refractivity contribution in [2.75, 3.05) is 0 Å². The van der Waals surface area contributed by atoms with E-state index >= 15 is 0 Å². The van der Waals surface area contributed by atoms with Gasteiger partial charge in [-0.2, -0.15) is 0 Å². The van der Waals surface area contributed by atoms with E-state index < -0.39 is 17.7 Å². The van der Waals surface area contributed by atoms with Crippen LogP contribution in [0.25, 0.3) is 0 Å². The van der Waals surface area contributed by atoms with Crippen molar-refractivity contribution in [2.45, 2.75) is 12.5 Å². The first-order chi connectivity index (χ1) is 7.68. The average molecular weight is 241 g/mol. The van der Waals surface area contributed by atoms with Crippen LogP contribution in [0.3, 0.4) is 0 Å². The first-order valence-electron chi connectivity index (χ1n) is 4.67. The molecule has 1 atom stereocenters. The van der Waals surface area contributed by atoms with E-state index in [4.69, 9.17) is 0 Å². The highest BCUT2D eigenvalue weighted by molar-refractivity contribution is 7.07. The molecule has 1 N–H and O–H groups in total. The molecule has 2 nitrogen and oxygen atoms in total. The Labute approximate surface area is 95.2 Å². The maximum absolute atomic E-state index is 13.3. The number of halogens is 2. The van der Waals surface area contributed by atoms with E-state index in [0.29, 0.717) is 5.69 Å². The lowest BCUT2D eigenvalue weighted by atomic mass is 10.1. The Morgan fingerprint density at radius 2 is 2.19 bits per heavy atom. The average Bonchev–Trinajstić information content (AvgIpc) is 2.78. The number of thiazole rings is 1. The standard InChI is InChI=1S/C11H9F2NOS/c12-8-3-1-2-7(11(8)13)4-10(15)9-5-16-6-14-9/h1-3,5-6,10,15H,4H2. The van der Waals surface area contributed by atoms with Crippen LogP contribution in [0.2, 0.25) is 0 Å². The van der Waals surface area contributed by atoms with Gasteiger partial charge in [0.05, 0.1) is 11.2 Å². The molecule has 1 unspecified atom stereocenters. The van der Waals surface area contributed by atoms with Crippen LogP contribution in [0.15, 0.2) is 29.1 Å². The SMILES string of the molecule is OC(Cc1cccc(F)c1F)c1cscn1. The number of hydrogen-bond acceptors (Lipinski definition) is 3. The first kappa shape index (κ1) is 11.2. The lowest BCUT2D eigenvalue weighted by Crippen LogP contribution is -2.04. The summed E-state index contributed by atoms with van der Waals surface area (Å²) in [6, 6.07) is 3.92. The summed E-state index contributed by atoms with van der Waals surface area (Å²) in [5, 5.41) is 11.4. The molecule has 1 heterocycles. The molecule has 0 saturated heterocycles. The van der Waals surface area contributed by atoms with Gasteiger partial charge in [0.25, 0.3) is 0 Å². The minimum absolute atomic E-state index is 0.0212. The highest BCUT2D eigenvalue weighted by Gasteiger charge is 2.15. The summed E-state index contributed by atoms with van der Waals surface area (Å²) in [6.45, 7) is 0. The third kappa shape index (κ3) is 2.25. The molecule has 0 spiro atoms. The summed E-state index contributed by atoms with van der Waals surface area (Å²) in [7, 11) is 0. The molecule has 0 aliphatic rings. The van der Waals surface area contributed by atoms with Crippen LogP contribution < -0.4 is 0 Å². The Balaban J connectivity index is 2.18. The number of aliphatic hydroxyl groups is 1. The number of rotatable bonds is 3. The molecule has 2 aromatic rings. The zero-order valence-corrected chi connectivity index (χ0v) is 9.05. The molecule has 0 aliphatic carbocycles. The molecule has 1 aromatic carbocycles. The van der Waals surface area contributed by atoms with Gasteiger partial charge in [-0.25, -0.2) is 13.8 Å². The fourth-order valence-corrected chi connectivity index (χ4v) is 2.01. The Kier molecular flexibility index (Phi) is 3.26. The van der Waals surface area contributed by atoms with Crippen molar-refractivity contribution < 1.29 is 13.9 Å². The smallest absolute Gasteiger partial charge is 0.162 e. The predicted octanol–water partition coefficient (Wildman–Crippen LogP) is 2.70. The zero-order chi connectivity index (χ0) is 11.5. The second-order valence-corrected chi connectivity index (χ2v) is 4.06. The van der Waals surface area contributed by atoms with Crippen LogP contribution in [-0.4, -0.2) is 10.1 Å². The quantitative estimate of drug-likeness (QED) is 0.896. The highest BCUT2D eigenvalue weighted by atomic mass is 32.1. The van der Waals surface area contributed by atoms with Crippen molar-refractivity contribution in [2.24, 2.45) is 0 Å². The molecule has 0 amide bonds. The van der Waals surface area contributed by atoms with Crippen LogP contribution in [0.5, 0.6) is 0 Å². The monoisotopic (exact) mass is 241 g/mol. The van der Waals surface area contributed by atoms with Crippen LogP contribution in [0.1, 0.15) is 17.4 Å². The normalized spacial score (nSPS) is 12.7. The summed E-state index contributed by atoms with van der Waals surface area (Å²) < 4.78 is 26.2. The summed E-state index contributed by atoms with van der Waals surface area (Å²) in [4.78, 5) is 3.92. The first-order valence-corrected chi connectivity index (χ1v) is 5.62. The molecule has 2 rings (SSSR count). The highest BCUT2D eigenvalue weighted by Crippen LogP contribution is 2.20. The van der Waals surface area contributed by atoms with Gasteiger partial charge in [-0.05, 0) is 11.6 Å². The molecule has 0 aliphatic heterocycles. The van der Waals surface area contributed by atoms with Gasteiger partial charge >= 0.3 is 0 Å². The Bertz CT molecular complexity index is 473. The number of aromatic nitrogens is 1. The lowest BCUT2D eigenvalue weighted by Gasteiger charge is -2.08. The number of nitrogens with zero attached hydrogens (tertiary/aromatic N) is 1. The molecule has 0 bridgehead atoms. The van der Waals surface area contributed by atoms with Crippen molar-refractivity contribution >= 4 is 11.3 Å². The van der Waals surface area contributed by atoms with Crippen LogP contribution in [0, 0.1) is 11.6 Å². The van der Waals surface area contributed by atoms with Gasteiger partial charge in [0.2, 0.25) is 0 Å². The van der Waals surface area contributed by atoms with Gasteiger partial charge in [-0.3, -0.25) is 0 Å². The molecule has 0 fully saturated rings. The Morgan fingerprint density at radius 3 is 2.88 bits per heavy atom. The molecule has 84 valence electrons. The van der Waals surface area contributed by atoms with Gasteiger partial charge in [0, 0.05) is 11.8 Å². The summed E-state index contributed by atoms with van der Waals surface area (Å²) in [5.74, 6) is -1.81. The molecule has 0 saturated carbocycles. The molecule has 16 heavy (non-hydrogen) atoms. The van der Waals surface area contributed by atoms with Crippen molar-refractivity contribution in [3.05, 3.63) is 52.0 Å². The second kappa shape index (κ2) is 4.67. The van der Waals surface area contributed by atoms with Crippen LogP contribution >= 0.6 is 11.3 Å². The summed E-state index contributed by atoms with van der Waals surface area (Å²) in [6.07, 6.45) is -0.879. The number of hydrogen-bond donors (Lipinski definition) is 1. The topological polar surface area (TPSA) is 33.1 Å². The van der Waals surface area contributed by atoms with Crippen molar-refractivity contribution in [1.82, 2.24) is 4.98 Å². The Morgan fingerprint density at radius 1 is 1.38 bits per heavy atom. The van der Waals surface area contributed by atoms with Crippen molar-refractivity contribution in [3.8, 4) is 0 Å². The second-order valence-electron chi connectivity index (χ2n) is 3.35. The molecular weight excluding hydrogens is 232 g/mol. The lowest BCUT2D eigenvalue weighted by molar-refractivity contribution is 0.172. The molecule has 1 aromatic heterocycles. The third-order valence-corrected chi connectivity index (χ3v) is 2.84. The van der Waals surface area contributed by atoms with E-state index in [1.165, 1.54) is 23.5 Å². The molecule has 0 radical (unpaired) electrons. The minimum atomic E-state index is -0.906. The molecular formula is C11H9F2NOS. The summed E-state index contributed by atoms with van der Waals surface area (Å²) in [5.41, 5.74) is 2.22. The van der Waals surface area contributed by atoms with Crippen molar-refractivity contribution in [1.29, 1.82) is 0 Å². The fraction of sp³-hybridized carbons (Fsp3) is 0.182. The third-order valence-electron chi connectivity index (χ3n) is 2.24. The van der Waals surface area contributed by atoms with Crippen LogP contribution in [-0.2, 0) is 6.42 Å². The largest absolute Gasteiger partial charge is 0.386 e. The molecule has 5 heteroatoms.